The summed E-state index contributed by atoms with van der Waals surface area (Å²) >= 11 is 0. The normalized spacial score (nSPS) is 14.0. The summed E-state index contributed by atoms with van der Waals surface area (Å²) in [7, 11) is 6.68. The molecule has 0 radical (unpaired) electrons. The first-order valence-electron chi connectivity index (χ1n) is 49.0. The largest absolute Gasteiger partial charge is 0.468 e. The molecular weight excluding hydrogens is 1910 g/mol. The third-order valence-corrected chi connectivity index (χ3v) is 36.0. The number of hydrogen-bond donors (Lipinski definition) is 5. The molecule has 42 heteroatoms. The summed E-state index contributed by atoms with van der Waals surface area (Å²) in [6.45, 7) is 72.5. The lowest BCUT2D eigenvalue weighted by Gasteiger charge is -2.38. The Morgan fingerprint density at radius 3 is 0.754 bits per heavy atom. The van der Waals surface area contributed by atoms with Gasteiger partial charge in [-0.1, -0.05) is 62.3 Å². The molecule has 844 valence electrons. The van der Waals surface area contributed by atoms with Crippen LogP contribution in [0.4, 0.5) is 4.39 Å². The van der Waals surface area contributed by atoms with Gasteiger partial charge < -0.3 is 92.0 Å². The van der Waals surface area contributed by atoms with Crippen LogP contribution in [-0.2, 0) is 132 Å². The molecular formula is C100H204FN7O30SSi3. The van der Waals surface area contributed by atoms with Crippen LogP contribution in [0.3, 0.4) is 0 Å². The van der Waals surface area contributed by atoms with Crippen molar-refractivity contribution in [2.24, 2.45) is 5.73 Å². The van der Waals surface area contributed by atoms with Gasteiger partial charge in [0.05, 0.1) is 80.7 Å². The van der Waals surface area contributed by atoms with Gasteiger partial charge >= 0.3 is 65.7 Å². The highest BCUT2D eigenvalue weighted by Gasteiger charge is 2.41. The maximum absolute atomic E-state index is 12.9. The zero-order chi connectivity index (χ0) is 113. The predicted molar refractivity (Wildman–Crippen MR) is 563 cm³/mol. The van der Waals surface area contributed by atoms with E-state index in [0.717, 1.165) is 12.7 Å². The number of halogens is 1. The van der Waals surface area contributed by atoms with E-state index >= 15 is 0 Å². The number of aliphatic hydroxyl groups is 2. The lowest BCUT2D eigenvalue weighted by atomic mass is 10.1. The summed E-state index contributed by atoms with van der Waals surface area (Å²) in [5, 5.41) is 24.8. The highest BCUT2D eigenvalue weighted by atomic mass is 32.2. The highest BCUT2D eigenvalue weighted by molar-refractivity contribution is 7.86. The number of nitrogens with zero attached hydrogens (tertiary/aromatic N) is 4. The lowest BCUT2D eigenvalue weighted by Crippen LogP contribution is -2.46. The second kappa shape index (κ2) is 70.2. The minimum Gasteiger partial charge on any atom is -0.468 e. The van der Waals surface area contributed by atoms with Crippen molar-refractivity contribution in [2.45, 2.75) is 434 Å². The summed E-state index contributed by atoms with van der Waals surface area (Å²) in [4.78, 5) is 133. The molecule has 0 heterocycles. The molecule has 0 aromatic heterocycles. The fraction of sp³-hybridized carbons (Fsp3) is 0.890. The Hall–Kier alpha value is -5.82. The number of carbonyl (C=O) groups is 11. The number of ether oxygens (including phenoxy) is 11. The summed E-state index contributed by atoms with van der Waals surface area (Å²) in [6.07, 6.45) is 6.27. The smallest absolute Gasteiger partial charge is 0.319 e. The molecule has 0 aliphatic rings. The van der Waals surface area contributed by atoms with Crippen LogP contribution in [0, 0.1) is 0 Å². The predicted octanol–water partition coefficient (Wildman–Crippen LogP) is 14.2. The number of hydrogen-bond acceptors (Lipinski definition) is 37. The molecule has 6 N–H and O–H groups in total. The lowest BCUT2D eigenvalue weighted by molar-refractivity contribution is -0.156. The van der Waals surface area contributed by atoms with Crippen LogP contribution in [0.2, 0.25) is 54.4 Å². The monoisotopic (exact) mass is 2120 g/mol. The fourth-order valence-electron chi connectivity index (χ4n) is 10.6. The Morgan fingerprint density at radius 2 is 0.528 bits per heavy atom. The van der Waals surface area contributed by atoms with E-state index in [0.29, 0.717) is 71.2 Å². The van der Waals surface area contributed by atoms with Crippen LogP contribution in [0.5, 0.6) is 0 Å². The molecule has 0 saturated carbocycles. The molecule has 0 fully saturated rings. The van der Waals surface area contributed by atoms with Gasteiger partial charge in [0.15, 0.2) is 25.0 Å². The molecule has 0 saturated heterocycles. The van der Waals surface area contributed by atoms with Crippen molar-refractivity contribution in [3.63, 3.8) is 0 Å². The highest BCUT2D eigenvalue weighted by Crippen LogP contribution is 2.39. The molecule has 0 rings (SSSR count). The van der Waals surface area contributed by atoms with Gasteiger partial charge in [-0.2, -0.15) is 8.42 Å². The van der Waals surface area contributed by atoms with Gasteiger partial charge in [0.1, 0.15) is 45.9 Å². The van der Waals surface area contributed by atoms with Crippen molar-refractivity contribution in [3.05, 3.63) is 0 Å². The molecule has 0 aliphatic heterocycles. The van der Waals surface area contributed by atoms with E-state index in [1.807, 2.05) is 102 Å². The quantitative estimate of drug-likeness (QED) is 0.0163. The van der Waals surface area contributed by atoms with E-state index in [-0.39, 0.29) is 171 Å². The number of aliphatic hydroxyl groups excluding tert-OH is 2. The van der Waals surface area contributed by atoms with Crippen LogP contribution in [0.1, 0.15) is 298 Å². The first-order chi connectivity index (χ1) is 63.7. The Labute approximate surface area is 860 Å². The van der Waals surface area contributed by atoms with E-state index in [2.05, 4.69) is 126 Å². The maximum atomic E-state index is 12.9. The molecule has 142 heavy (non-hydrogen) atoms. The molecule has 0 aromatic carbocycles. The summed E-state index contributed by atoms with van der Waals surface area (Å²) in [5.41, 5.74) is 2.62. The summed E-state index contributed by atoms with van der Waals surface area (Å²) in [6, 6.07) is -1.23. The van der Waals surface area contributed by atoms with E-state index in [1.54, 1.807) is 100 Å². The van der Waals surface area contributed by atoms with Gasteiger partial charge in [0.2, 0.25) is 0 Å². The zero-order valence-electron chi connectivity index (χ0n) is 97.2. The topological polar surface area (TPSA) is 464 Å². The second-order valence-corrected chi connectivity index (χ2v) is 63.0. The van der Waals surface area contributed by atoms with E-state index in [9.17, 15) is 70.7 Å². The van der Waals surface area contributed by atoms with Crippen LogP contribution in [0.25, 0.3) is 0 Å². The molecule has 0 spiro atoms. The number of carbonyl (C=O) groups excluding carboxylic acids is 11. The number of nitrogens with two attached hydrogens (primary N) is 1. The average Bonchev–Trinajstić information content (AvgIpc) is 0.852. The molecule has 0 aromatic rings. The molecule has 0 aliphatic carbocycles. The van der Waals surface area contributed by atoms with Crippen LogP contribution in [-0.4, -0.2) is 360 Å². The van der Waals surface area contributed by atoms with Crippen molar-refractivity contribution in [1.29, 1.82) is 0 Å². The minimum atomic E-state index is -3.61. The average molecular weight is 2120 g/mol. The van der Waals surface area contributed by atoms with Gasteiger partial charge in [0, 0.05) is 107 Å². The van der Waals surface area contributed by atoms with Gasteiger partial charge in [-0.25, -0.2) is 4.39 Å². The molecule has 7 atom stereocenters. The Bertz CT molecular complexity index is 3620. The van der Waals surface area contributed by atoms with Gasteiger partial charge in [-0.05, 0) is 287 Å². The van der Waals surface area contributed by atoms with Crippen molar-refractivity contribution in [1.82, 2.24) is 30.2 Å². The third kappa shape index (κ3) is 87.2. The standard InChI is InChI=1S/C19H39NO5Si.C16H35NO3Si.C15H33NO3Si.C14H27NO7S.C13H24FNO4.C13H25NO5.C10H21NO3/c1-18(2,3)25-16(21)12-11-15(20(7)13-17(22)23-8)14-24-26(9,10)19(4,5)6;1-15(2,3)20-14(18)11-10-13(17-7)12-19-21(8,9)16(4,5)6;1-14(2,3)19-13(17)10-9-12(16)11-18-20(7,8)15(4,5)6;1-14(2,3)22-12(16)8-7-11(10-21-23(6,18)19)15(4)9-13(17)20-5;1-13(2,3)19-11(16)7-6-10(8-14)15(4)9-12(17)18-5;1-13(2,3)19-11(16)7-6-10(9-15)14(4)8-12(17)18-5;1-10(2,3)14-9(13)6-5-8(7-12)11-4/h15H,11-14H2,1-10H3;13,17H,10-12H2,1-9H3;12H,9-11,16H2,1-8H3;11H,7-10H2,1-6H3;10H,6-9H2,1-5H3;10,15H,6-9H2,1-5H3;8,11-12H,5-7H2,1-4H3/t15-;13-;12-;11-;2*10-;8-/m0000000/s1. The third-order valence-electron chi connectivity index (χ3n) is 22.0. The Kier molecular flexibility index (Phi) is 73.7. The molecule has 0 unspecified atom stereocenters. The van der Waals surface area contributed by atoms with Crippen LogP contribution >= 0.6 is 0 Å². The molecule has 37 nitrogen and oxygen atoms in total. The van der Waals surface area contributed by atoms with Crippen LogP contribution < -0.4 is 16.4 Å². The van der Waals surface area contributed by atoms with Crippen molar-refractivity contribution < 1.29 is 145 Å². The SMILES string of the molecule is CC(C)(C)OC(=O)CC[C@H](N)CO[Si](C)(C)C(C)(C)C.CN[C@@H](CCC(=O)OC(C)(C)C)CO[Si](C)(C)C(C)(C)C.CN[C@H](CO)CCC(=O)OC(C)(C)C.COC(=O)CN(C)[C@@H](CCC(=O)OC(C)(C)C)COS(C)(=O)=O.COC(=O)CN(C)[C@@H](CCC(=O)OC(C)(C)C)CO[Si](C)(C)C(C)(C)C.COC(=O)CN(C)[C@H](CF)CCC(=O)OC(C)(C)C.COC(=O)CN(C)[C@H](CO)CCC(=O)OC(C)(C)C. The second-order valence-electron chi connectivity index (χ2n) is 46.9. The Morgan fingerprint density at radius 1 is 0.317 bits per heavy atom. The van der Waals surface area contributed by atoms with E-state index < -0.39 is 111 Å². The number of rotatable bonds is 50. The van der Waals surface area contributed by atoms with E-state index in [1.165, 1.54) is 33.3 Å². The maximum Gasteiger partial charge on any atom is 0.319 e. The molecule has 0 amide bonds. The minimum absolute atomic E-state index is 0.000590. The number of likely N-dealkylation sites (N-methyl/N-ethyl adjacent to an activating group) is 6. The van der Waals surface area contributed by atoms with Gasteiger partial charge in [0.25, 0.3) is 10.1 Å². The first kappa shape index (κ1) is 149. The van der Waals surface area contributed by atoms with Crippen LogP contribution in [0.15, 0.2) is 0 Å². The number of esters is 11. The molecule has 0 bridgehead atoms. The first-order valence-corrected chi connectivity index (χ1v) is 59.5. The summed E-state index contributed by atoms with van der Waals surface area (Å²) in [5.74, 6) is -3.43. The number of nitrogens with one attached hydrogen (secondary N) is 2. The van der Waals surface area contributed by atoms with Crippen molar-refractivity contribution >= 4 is 101 Å². The van der Waals surface area contributed by atoms with Crippen molar-refractivity contribution in [2.75, 3.05) is 149 Å². The van der Waals surface area contributed by atoms with Gasteiger partial charge in [-0.3, -0.25) is 76.5 Å². The van der Waals surface area contributed by atoms with E-state index in [4.69, 9.17) is 66.2 Å². The van der Waals surface area contributed by atoms with Crippen molar-refractivity contribution in [3.8, 4) is 0 Å². The van der Waals surface area contributed by atoms with Gasteiger partial charge in [-0.15, -0.1) is 0 Å². The zero-order valence-corrected chi connectivity index (χ0v) is 101. The number of alkyl halides is 1. The summed E-state index contributed by atoms with van der Waals surface area (Å²) < 4.78 is 114. The number of methoxy groups -OCH3 is 4. The fourth-order valence-corrected chi connectivity index (χ4v) is 14.2. The Balaban J connectivity index is -0.000000301.